The van der Waals surface area contributed by atoms with Crippen molar-refractivity contribution in [3.05, 3.63) is 30.6 Å². The van der Waals surface area contributed by atoms with E-state index in [1.807, 2.05) is 18.2 Å². The van der Waals surface area contributed by atoms with E-state index in [-0.39, 0.29) is 0 Å². The second-order valence-electron chi connectivity index (χ2n) is 3.83. The predicted molar refractivity (Wildman–Crippen MR) is 76.0 cm³/mol. The molecule has 1 aromatic heterocycles. The number of alkyl halides is 1. The molecule has 92 valence electrons. The summed E-state index contributed by atoms with van der Waals surface area (Å²) in [5.74, 6) is 0. The van der Waals surface area contributed by atoms with Gasteiger partial charge < -0.3 is 0 Å². The van der Waals surface area contributed by atoms with Gasteiger partial charge in [-0.2, -0.15) is 0 Å². The monoisotopic (exact) mass is 285 g/mol. The molecule has 2 heteroatoms. The summed E-state index contributed by atoms with van der Waals surface area (Å²) in [6.45, 7) is 2.26. The van der Waals surface area contributed by atoms with Crippen molar-refractivity contribution in [1.82, 2.24) is 4.98 Å². The molecular formula is C14H24BrN. The molecule has 0 bridgehead atoms. The van der Waals surface area contributed by atoms with Crippen molar-refractivity contribution in [2.75, 3.05) is 5.33 Å². The van der Waals surface area contributed by atoms with Crippen LogP contribution in [0.15, 0.2) is 30.6 Å². The quantitative estimate of drug-likeness (QED) is 0.495. The molecule has 16 heavy (non-hydrogen) atoms. The number of pyridine rings is 1. The van der Waals surface area contributed by atoms with Gasteiger partial charge in [-0.15, -0.1) is 0 Å². The normalized spacial score (nSPS) is 9.38. The molecule has 0 aliphatic rings. The molecule has 0 saturated carbocycles. The van der Waals surface area contributed by atoms with Gasteiger partial charge in [0.15, 0.2) is 0 Å². The molecule has 0 fully saturated rings. The van der Waals surface area contributed by atoms with E-state index in [0.717, 1.165) is 0 Å². The number of hydrogen-bond acceptors (Lipinski definition) is 1. The molecule has 1 heterocycles. The zero-order chi connectivity index (χ0) is 11.9. The minimum absolute atomic E-state index is 1.18. The summed E-state index contributed by atoms with van der Waals surface area (Å²) in [6, 6.07) is 5.72. The van der Waals surface area contributed by atoms with E-state index >= 15 is 0 Å². The first-order valence-corrected chi connectivity index (χ1v) is 7.45. The Morgan fingerprint density at radius 2 is 1.38 bits per heavy atom. The second kappa shape index (κ2) is 14.6. The molecule has 0 aliphatic heterocycles. The van der Waals surface area contributed by atoms with Gasteiger partial charge in [-0.1, -0.05) is 67.4 Å². The van der Waals surface area contributed by atoms with E-state index in [0.29, 0.717) is 0 Å². The molecule has 0 spiro atoms. The summed E-state index contributed by atoms with van der Waals surface area (Å²) in [5, 5.41) is 1.18. The topological polar surface area (TPSA) is 12.9 Å². The van der Waals surface area contributed by atoms with E-state index in [1.54, 1.807) is 12.4 Å². The zero-order valence-electron chi connectivity index (χ0n) is 10.4. The lowest BCUT2D eigenvalue weighted by Crippen LogP contribution is -1.79. The van der Waals surface area contributed by atoms with Crippen molar-refractivity contribution < 1.29 is 0 Å². The van der Waals surface area contributed by atoms with Crippen LogP contribution in [0.2, 0.25) is 0 Å². The lowest BCUT2D eigenvalue weighted by molar-refractivity contribution is 0.604. The van der Waals surface area contributed by atoms with Crippen LogP contribution in [0.3, 0.4) is 0 Å². The summed E-state index contributed by atoms with van der Waals surface area (Å²) in [5.41, 5.74) is 0. The first kappa shape index (κ1) is 15.6. The van der Waals surface area contributed by atoms with Crippen LogP contribution in [0.1, 0.15) is 51.9 Å². The van der Waals surface area contributed by atoms with Gasteiger partial charge in [-0.25, -0.2) is 0 Å². The highest BCUT2D eigenvalue weighted by atomic mass is 79.9. The minimum Gasteiger partial charge on any atom is -0.265 e. The molecule has 0 amide bonds. The average molecular weight is 286 g/mol. The fourth-order valence-corrected chi connectivity index (χ4v) is 1.76. The Bertz CT molecular complexity index is 166. The van der Waals surface area contributed by atoms with Gasteiger partial charge in [-0.05, 0) is 18.6 Å². The number of nitrogens with zero attached hydrogens (tertiary/aromatic N) is 1. The number of halogens is 1. The standard InChI is InChI=1S/C9H19Br.C5H5N/c1-2-3-4-5-6-7-8-9-10;1-2-4-6-5-3-1/h2-9H2,1H3;1-5H. The van der Waals surface area contributed by atoms with Crippen LogP contribution in [-0.2, 0) is 0 Å². The smallest absolute Gasteiger partial charge is 0.0267 e. The second-order valence-corrected chi connectivity index (χ2v) is 4.63. The highest BCUT2D eigenvalue weighted by molar-refractivity contribution is 9.09. The van der Waals surface area contributed by atoms with Gasteiger partial charge in [0.25, 0.3) is 0 Å². The number of rotatable bonds is 7. The highest BCUT2D eigenvalue weighted by Gasteiger charge is 1.88. The van der Waals surface area contributed by atoms with Gasteiger partial charge >= 0.3 is 0 Å². The van der Waals surface area contributed by atoms with Crippen LogP contribution < -0.4 is 0 Å². The molecule has 0 saturated heterocycles. The molecule has 0 N–H and O–H groups in total. The number of aromatic nitrogens is 1. The third-order valence-corrected chi connectivity index (χ3v) is 2.86. The molecule has 1 aromatic rings. The van der Waals surface area contributed by atoms with Crippen LogP contribution in [-0.4, -0.2) is 10.3 Å². The van der Waals surface area contributed by atoms with Gasteiger partial charge in [0.05, 0.1) is 0 Å². The van der Waals surface area contributed by atoms with Crippen molar-refractivity contribution in [2.45, 2.75) is 51.9 Å². The Kier molecular flexibility index (Phi) is 14.3. The van der Waals surface area contributed by atoms with Crippen molar-refractivity contribution in [3.63, 3.8) is 0 Å². The summed E-state index contributed by atoms with van der Waals surface area (Å²) >= 11 is 3.43. The Morgan fingerprint density at radius 3 is 1.75 bits per heavy atom. The molecule has 0 radical (unpaired) electrons. The van der Waals surface area contributed by atoms with E-state index in [1.165, 1.54) is 50.3 Å². The Balaban J connectivity index is 0.000000315. The minimum atomic E-state index is 1.18. The maximum absolute atomic E-state index is 3.78. The highest BCUT2D eigenvalue weighted by Crippen LogP contribution is 2.07. The fourth-order valence-electron chi connectivity index (χ4n) is 1.36. The van der Waals surface area contributed by atoms with Gasteiger partial charge in [0, 0.05) is 17.7 Å². The number of hydrogen-bond donors (Lipinski definition) is 0. The summed E-state index contributed by atoms with van der Waals surface area (Å²) in [4.78, 5) is 3.78. The SMILES string of the molecule is CCCCCCCCCBr.c1ccncc1. The Morgan fingerprint density at radius 1 is 0.812 bits per heavy atom. The average Bonchev–Trinajstić information content (AvgIpc) is 2.37. The van der Waals surface area contributed by atoms with Crippen molar-refractivity contribution in [1.29, 1.82) is 0 Å². The largest absolute Gasteiger partial charge is 0.265 e. The van der Waals surface area contributed by atoms with E-state index < -0.39 is 0 Å². The summed E-state index contributed by atoms with van der Waals surface area (Å²) in [7, 11) is 0. The van der Waals surface area contributed by atoms with Crippen LogP contribution in [0, 0.1) is 0 Å². The Hall–Kier alpha value is -0.370. The predicted octanol–water partition coefficient (Wildman–Crippen LogP) is 5.21. The van der Waals surface area contributed by atoms with Gasteiger partial charge in [-0.3, -0.25) is 4.98 Å². The third-order valence-electron chi connectivity index (χ3n) is 2.30. The maximum atomic E-state index is 3.78. The lowest BCUT2D eigenvalue weighted by atomic mass is 10.1. The van der Waals surface area contributed by atoms with Crippen molar-refractivity contribution in [3.8, 4) is 0 Å². The summed E-state index contributed by atoms with van der Waals surface area (Å²) < 4.78 is 0. The lowest BCUT2D eigenvalue weighted by Gasteiger charge is -1.97. The molecule has 0 aliphatic carbocycles. The first-order valence-electron chi connectivity index (χ1n) is 6.32. The molecule has 0 unspecified atom stereocenters. The molecule has 0 aromatic carbocycles. The van der Waals surface area contributed by atoms with E-state index in [2.05, 4.69) is 27.8 Å². The molecule has 1 nitrogen and oxygen atoms in total. The zero-order valence-corrected chi connectivity index (χ0v) is 12.0. The molecule has 1 rings (SSSR count). The third kappa shape index (κ3) is 13.6. The van der Waals surface area contributed by atoms with Gasteiger partial charge in [0.1, 0.15) is 0 Å². The maximum Gasteiger partial charge on any atom is 0.0267 e. The van der Waals surface area contributed by atoms with E-state index in [4.69, 9.17) is 0 Å². The van der Waals surface area contributed by atoms with Crippen LogP contribution in [0.5, 0.6) is 0 Å². The Labute approximate surface area is 109 Å². The van der Waals surface area contributed by atoms with Crippen molar-refractivity contribution >= 4 is 15.9 Å². The van der Waals surface area contributed by atoms with Gasteiger partial charge in [0.2, 0.25) is 0 Å². The number of unbranched alkanes of at least 4 members (excludes halogenated alkanes) is 6. The van der Waals surface area contributed by atoms with Crippen LogP contribution >= 0.6 is 15.9 Å². The molecular weight excluding hydrogens is 262 g/mol. The van der Waals surface area contributed by atoms with E-state index in [9.17, 15) is 0 Å². The first-order chi connectivity index (χ1) is 7.91. The molecule has 0 atom stereocenters. The van der Waals surface area contributed by atoms with Crippen LogP contribution in [0.4, 0.5) is 0 Å². The van der Waals surface area contributed by atoms with Crippen molar-refractivity contribution in [2.24, 2.45) is 0 Å². The fraction of sp³-hybridized carbons (Fsp3) is 0.643. The van der Waals surface area contributed by atoms with Crippen LogP contribution in [0.25, 0.3) is 0 Å². The summed E-state index contributed by atoms with van der Waals surface area (Å²) in [6.07, 6.45) is 13.4.